The summed E-state index contributed by atoms with van der Waals surface area (Å²) in [7, 11) is -3.47. The van der Waals surface area contributed by atoms with Gasteiger partial charge in [-0.2, -0.15) is 16.1 Å². The number of hydrogen-bond acceptors (Lipinski definition) is 5. The zero-order valence-corrected chi connectivity index (χ0v) is 13.6. The van der Waals surface area contributed by atoms with E-state index in [1.165, 1.54) is 16.6 Å². The third-order valence-corrected chi connectivity index (χ3v) is 6.61. The van der Waals surface area contributed by atoms with Crippen LogP contribution in [-0.4, -0.2) is 46.8 Å². The molecule has 110 valence electrons. The molecule has 0 saturated carbocycles. The van der Waals surface area contributed by atoms with Gasteiger partial charge in [0.25, 0.3) is 0 Å². The maximum absolute atomic E-state index is 12.5. The van der Waals surface area contributed by atoms with Gasteiger partial charge in [-0.15, -0.1) is 0 Å². The molecule has 0 bridgehead atoms. The maximum atomic E-state index is 12.5. The summed E-state index contributed by atoms with van der Waals surface area (Å²) in [5.41, 5.74) is 5.89. The zero-order chi connectivity index (χ0) is 14.8. The van der Waals surface area contributed by atoms with E-state index >= 15 is 0 Å². The minimum Gasteiger partial charge on any atom is -0.388 e. The van der Waals surface area contributed by atoms with Crippen molar-refractivity contribution in [2.24, 2.45) is 5.73 Å². The molecular weight excluding hydrogens is 314 g/mol. The van der Waals surface area contributed by atoms with Crippen LogP contribution in [0.2, 0.25) is 0 Å². The van der Waals surface area contributed by atoms with Crippen molar-refractivity contribution in [2.75, 3.05) is 18.8 Å². The number of nitrogens with zero attached hydrogens (tertiary/aromatic N) is 2. The number of hydrogen-bond donors (Lipinski definition) is 1. The van der Waals surface area contributed by atoms with Gasteiger partial charge in [-0.25, -0.2) is 8.42 Å². The Morgan fingerprint density at radius 3 is 2.90 bits per heavy atom. The molecule has 1 fully saturated rings. The van der Waals surface area contributed by atoms with Crippen molar-refractivity contribution < 1.29 is 8.42 Å². The first kappa shape index (κ1) is 15.7. The summed E-state index contributed by atoms with van der Waals surface area (Å²) in [4.78, 5) is 4.36. The number of thiocarbonyl (C=S) groups is 1. The minimum atomic E-state index is -3.47. The number of sulfonamides is 1. The Kier molecular flexibility index (Phi) is 5.00. The summed E-state index contributed by atoms with van der Waals surface area (Å²) in [6, 6.07) is 3.06. The van der Waals surface area contributed by atoms with E-state index in [-0.39, 0.29) is 9.88 Å². The molecule has 1 saturated heterocycles. The lowest BCUT2D eigenvalue weighted by Crippen LogP contribution is -2.41. The molecule has 0 spiro atoms. The van der Waals surface area contributed by atoms with Crippen molar-refractivity contribution in [3.05, 3.63) is 24.0 Å². The molecule has 0 aromatic carbocycles. The first-order valence-electron chi connectivity index (χ1n) is 6.32. The molecule has 1 aromatic heterocycles. The first-order valence-corrected chi connectivity index (χ1v) is 9.22. The van der Waals surface area contributed by atoms with Crippen LogP contribution in [0.25, 0.3) is 0 Å². The van der Waals surface area contributed by atoms with E-state index in [0.29, 0.717) is 24.0 Å². The fraction of sp³-hybridized carbons (Fsp3) is 0.500. The summed E-state index contributed by atoms with van der Waals surface area (Å²) >= 11 is 6.64. The van der Waals surface area contributed by atoms with Gasteiger partial charge < -0.3 is 5.73 Å². The molecule has 2 N–H and O–H groups in total. The van der Waals surface area contributed by atoms with Crippen LogP contribution in [0.15, 0.2) is 23.2 Å². The number of thioether (sulfide) groups is 1. The highest BCUT2D eigenvalue weighted by Gasteiger charge is 2.30. The van der Waals surface area contributed by atoms with Crippen molar-refractivity contribution >= 4 is 39.0 Å². The van der Waals surface area contributed by atoms with Crippen molar-refractivity contribution in [1.82, 2.24) is 9.29 Å². The summed E-state index contributed by atoms with van der Waals surface area (Å²) in [6.07, 6.45) is 2.29. The predicted molar refractivity (Wildman–Crippen MR) is 85.4 cm³/mol. The normalized spacial score (nSPS) is 20.8. The van der Waals surface area contributed by atoms with Crippen LogP contribution in [0.5, 0.6) is 0 Å². The highest BCUT2D eigenvalue weighted by Crippen LogP contribution is 2.25. The van der Waals surface area contributed by atoms with E-state index < -0.39 is 10.0 Å². The van der Waals surface area contributed by atoms with Gasteiger partial charge >= 0.3 is 0 Å². The van der Waals surface area contributed by atoms with Crippen LogP contribution in [0, 0.1) is 0 Å². The van der Waals surface area contributed by atoms with Crippen LogP contribution in [0.4, 0.5) is 0 Å². The van der Waals surface area contributed by atoms with Crippen LogP contribution >= 0.6 is 24.0 Å². The van der Waals surface area contributed by atoms with Crippen molar-refractivity contribution in [3.8, 4) is 0 Å². The fourth-order valence-electron chi connectivity index (χ4n) is 1.99. The zero-order valence-electron chi connectivity index (χ0n) is 11.2. The quantitative estimate of drug-likeness (QED) is 0.837. The third-order valence-electron chi connectivity index (χ3n) is 3.18. The Hall–Kier alpha value is -0.700. The SMILES string of the molecule is CCC1CN(S(=O)(=O)c2ccc(C(N)=S)nc2)CCS1. The van der Waals surface area contributed by atoms with E-state index in [4.69, 9.17) is 18.0 Å². The summed E-state index contributed by atoms with van der Waals surface area (Å²) in [6.45, 7) is 3.17. The summed E-state index contributed by atoms with van der Waals surface area (Å²) in [5, 5.41) is 0.363. The van der Waals surface area contributed by atoms with Crippen LogP contribution < -0.4 is 5.73 Å². The monoisotopic (exact) mass is 331 g/mol. The van der Waals surface area contributed by atoms with Gasteiger partial charge in [0.15, 0.2) is 0 Å². The highest BCUT2D eigenvalue weighted by molar-refractivity contribution is 8.00. The Balaban J connectivity index is 2.23. The van der Waals surface area contributed by atoms with Gasteiger partial charge in [-0.3, -0.25) is 4.98 Å². The molecule has 0 amide bonds. The predicted octanol–water partition coefficient (Wildman–Crippen LogP) is 1.23. The average Bonchev–Trinajstić information content (AvgIpc) is 2.47. The second kappa shape index (κ2) is 6.38. The van der Waals surface area contributed by atoms with Gasteiger partial charge in [-0.05, 0) is 18.6 Å². The second-order valence-corrected chi connectivity index (χ2v) is 8.29. The Labute approximate surface area is 129 Å². The van der Waals surface area contributed by atoms with Crippen molar-refractivity contribution in [2.45, 2.75) is 23.5 Å². The summed E-state index contributed by atoms with van der Waals surface area (Å²) < 4.78 is 26.6. The molecule has 1 aliphatic rings. The molecular formula is C12H17N3O2S3. The molecule has 1 aromatic rings. The molecule has 2 rings (SSSR count). The highest BCUT2D eigenvalue weighted by atomic mass is 32.2. The van der Waals surface area contributed by atoms with E-state index in [9.17, 15) is 8.42 Å². The van der Waals surface area contributed by atoms with Gasteiger partial charge in [0.2, 0.25) is 10.0 Å². The second-order valence-electron chi connectivity index (χ2n) is 4.51. The molecule has 0 radical (unpaired) electrons. The number of nitrogens with two attached hydrogens (primary N) is 1. The van der Waals surface area contributed by atoms with E-state index in [0.717, 1.165) is 12.2 Å². The van der Waals surface area contributed by atoms with Gasteiger partial charge in [-0.1, -0.05) is 19.1 Å². The van der Waals surface area contributed by atoms with Crippen molar-refractivity contribution in [1.29, 1.82) is 0 Å². The molecule has 1 aliphatic heterocycles. The minimum absolute atomic E-state index is 0.161. The molecule has 0 aliphatic carbocycles. The molecule has 8 heteroatoms. The lowest BCUT2D eigenvalue weighted by Gasteiger charge is -2.30. The number of aromatic nitrogens is 1. The Bertz CT molecular complexity index is 586. The molecule has 1 unspecified atom stereocenters. The van der Waals surface area contributed by atoms with Crippen LogP contribution in [0.1, 0.15) is 19.0 Å². The smallest absolute Gasteiger partial charge is 0.244 e. The standard InChI is InChI=1S/C12H17N3O2S3/c1-2-9-8-15(5-6-19-9)20(16,17)10-3-4-11(12(13)18)14-7-10/h3-4,7,9H,2,5-6,8H2,1H3,(H2,13,18). The number of rotatable bonds is 4. The Morgan fingerprint density at radius 1 is 1.60 bits per heavy atom. The van der Waals surface area contributed by atoms with Crippen molar-refractivity contribution in [3.63, 3.8) is 0 Å². The number of pyridine rings is 1. The molecule has 20 heavy (non-hydrogen) atoms. The van der Waals surface area contributed by atoms with E-state index in [1.807, 2.05) is 11.8 Å². The van der Waals surface area contributed by atoms with E-state index in [2.05, 4.69) is 11.9 Å². The first-order chi connectivity index (χ1) is 9.45. The fourth-order valence-corrected chi connectivity index (χ4v) is 4.93. The largest absolute Gasteiger partial charge is 0.388 e. The lowest BCUT2D eigenvalue weighted by molar-refractivity contribution is 0.416. The molecule has 5 nitrogen and oxygen atoms in total. The van der Waals surface area contributed by atoms with E-state index in [1.54, 1.807) is 6.07 Å². The van der Waals surface area contributed by atoms with Gasteiger partial charge in [0.1, 0.15) is 9.88 Å². The Morgan fingerprint density at radius 2 is 2.35 bits per heavy atom. The van der Waals surface area contributed by atoms with Gasteiger partial charge in [0, 0.05) is 30.3 Å². The molecule has 2 heterocycles. The average molecular weight is 331 g/mol. The third kappa shape index (κ3) is 3.30. The van der Waals surface area contributed by atoms with Crippen LogP contribution in [-0.2, 0) is 10.0 Å². The maximum Gasteiger partial charge on any atom is 0.244 e. The van der Waals surface area contributed by atoms with Crippen LogP contribution in [0.3, 0.4) is 0 Å². The van der Waals surface area contributed by atoms with Gasteiger partial charge in [0.05, 0.1) is 5.69 Å². The molecule has 1 atom stereocenters. The summed E-state index contributed by atoms with van der Waals surface area (Å²) in [5.74, 6) is 0.829. The topological polar surface area (TPSA) is 76.3 Å². The lowest BCUT2D eigenvalue weighted by atomic mass is 10.3.